The molecule has 49 heavy (non-hydrogen) atoms. The number of unbranched alkanes of at least 4 members (excludes halogenated alkanes) is 15. The van der Waals surface area contributed by atoms with Crippen molar-refractivity contribution in [2.45, 2.75) is 165 Å². The molecule has 0 fully saturated rings. The zero-order valence-corrected chi connectivity index (χ0v) is 29.9. The third-order valence-corrected chi connectivity index (χ3v) is 7.78. The van der Waals surface area contributed by atoms with Crippen molar-refractivity contribution in [1.82, 2.24) is 0 Å². The summed E-state index contributed by atoms with van der Waals surface area (Å²) in [5.41, 5.74) is 0. The fraction of sp³-hybridized carbons (Fsp3) is 0.591. The number of aliphatic hydroxyl groups is 5. The van der Waals surface area contributed by atoms with Gasteiger partial charge in [0.25, 0.3) is 0 Å². The smallest absolute Gasteiger partial charge is 0.177 e. The Hall–Kier alpha value is -3.26. The summed E-state index contributed by atoms with van der Waals surface area (Å²) in [5, 5.41) is 48.1. The van der Waals surface area contributed by atoms with Crippen LogP contribution in [0.2, 0.25) is 0 Å². The second-order valence-electron chi connectivity index (χ2n) is 12.3. The van der Waals surface area contributed by atoms with Crippen molar-refractivity contribution in [3.05, 3.63) is 60.8 Å². The van der Waals surface area contributed by atoms with Gasteiger partial charge in [0.1, 0.15) is 18.3 Å². The molecule has 0 rings (SSSR count). The van der Waals surface area contributed by atoms with E-state index in [4.69, 9.17) is 12.8 Å². The Bertz CT molecular complexity index is 1140. The average Bonchev–Trinajstić information content (AvgIpc) is 3.10. The minimum absolute atomic E-state index is 0.438. The summed E-state index contributed by atoms with van der Waals surface area (Å²) in [6.07, 6.45) is 48.0. The van der Waals surface area contributed by atoms with Crippen LogP contribution >= 0.6 is 0 Å². The van der Waals surface area contributed by atoms with Crippen molar-refractivity contribution < 1.29 is 25.5 Å². The molecule has 0 saturated heterocycles. The predicted octanol–water partition coefficient (Wildman–Crippen LogP) is 8.04. The van der Waals surface area contributed by atoms with Gasteiger partial charge in [-0.05, 0) is 102 Å². The molecule has 0 radical (unpaired) electrons. The lowest BCUT2D eigenvalue weighted by molar-refractivity contribution is 0.193. The van der Waals surface area contributed by atoms with Crippen molar-refractivity contribution in [2.24, 2.45) is 0 Å². The zero-order valence-electron chi connectivity index (χ0n) is 29.9. The first-order valence-corrected chi connectivity index (χ1v) is 18.5. The van der Waals surface area contributed by atoms with E-state index in [0.717, 1.165) is 32.1 Å². The Labute approximate surface area is 299 Å². The third kappa shape index (κ3) is 35.9. The standard InChI is InChI=1S/C44H64O5/c1-3-40(45)32-28-26-24-22-20-18-16-14-12-10-8-6-5-7-9-11-13-15-17-19-21-23-25-27-29-33-42(47)38-39-44(49)35-31-30-34-43(48)37-36-41(46)4-2/h1-2,5,7,17,19,25,27-28,32,36-37,40-49H,6,8-16,18,20-24,26,30-31,34-35H2/b7-5-,19-17-,27-25-,32-28+,37-36+/t40-,41-,42?,43-,44?/m1/s1. The summed E-state index contributed by atoms with van der Waals surface area (Å²) in [6, 6.07) is 0. The van der Waals surface area contributed by atoms with Crippen LogP contribution in [0, 0.1) is 48.4 Å². The number of rotatable bonds is 28. The van der Waals surface area contributed by atoms with Crippen molar-refractivity contribution in [3.63, 3.8) is 0 Å². The van der Waals surface area contributed by atoms with Gasteiger partial charge in [-0.3, -0.25) is 0 Å². The number of hydrogen-bond acceptors (Lipinski definition) is 5. The molecule has 5 nitrogen and oxygen atoms in total. The molecular formula is C44H64O5. The molecule has 0 heterocycles. The molecule has 0 aromatic heterocycles. The molecule has 0 saturated carbocycles. The Balaban J connectivity index is 3.64. The number of terminal acetylenes is 2. The van der Waals surface area contributed by atoms with E-state index in [1.807, 2.05) is 12.2 Å². The van der Waals surface area contributed by atoms with Gasteiger partial charge < -0.3 is 25.5 Å². The highest BCUT2D eigenvalue weighted by Gasteiger charge is 2.04. The van der Waals surface area contributed by atoms with Crippen LogP contribution in [0.25, 0.3) is 0 Å². The van der Waals surface area contributed by atoms with Crippen LogP contribution in [0.5, 0.6) is 0 Å². The number of allylic oxidation sites excluding steroid dienone is 7. The van der Waals surface area contributed by atoms with Gasteiger partial charge in [0.15, 0.2) is 6.10 Å². The lowest BCUT2D eigenvalue weighted by Gasteiger charge is -2.07. The molecule has 0 amide bonds. The molecule has 0 bridgehead atoms. The summed E-state index contributed by atoms with van der Waals surface area (Å²) in [7, 11) is 0. The van der Waals surface area contributed by atoms with Crippen molar-refractivity contribution >= 4 is 0 Å². The normalized spacial score (nSPS) is 14.8. The van der Waals surface area contributed by atoms with E-state index in [2.05, 4.69) is 59.8 Å². The van der Waals surface area contributed by atoms with Gasteiger partial charge in [-0.1, -0.05) is 129 Å². The highest BCUT2D eigenvalue weighted by atomic mass is 16.3. The zero-order chi connectivity index (χ0) is 36.0. The molecule has 5 atom stereocenters. The summed E-state index contributed by atoms with van der Waals surface area (Å²) < 4.78 is 0. The van der Waals surface area contributed by atoms with Crippen LogP contribution in [0.1, 0.15) is 135 Å². The van der Waals surface area contributed by atoms with E-state index in [0.29, 0.717) is 25.7 Å². The van der Waals surface area contributed by atoms with Crippen molar-refractivity contribution in [1.29, 1.82) is 0 Å². The molecule has 2 unspecified atom stereocenters. The highest BCUT2D eigenvalue weighted by Crippen LogP contribution is 2.12. The first-order valence-electron chi connectivity index (χ1n) is 18.5. The molecule has 0 aromatic rings. The molecule has 0 aliphatic rings. The maximum Gasteiger partial charge on any atom is 0.177 e. The summed E-state index contributed by atoms with van der Waals surface area (Å²) in [4.78, 5) is 0. The van der Waals surface area contributed by atoms with Crippen LogP contribution in [-0.2, 0) is 0 Å². The molecule has 0 aromatic carbocycles. The Kier molecular flexibility index (Phi) is 33.6. The topological polar surface area (TPSA) is 101 Å². The Morgan fingerprint density at radius 1 is 0.429 bits per heavy atom. The predicted molar refractivity (Wildman–Crippen MR) is 206 cm³/mol. The largest absolute Gasteiger partial charge is 0.389 e. The van der Waals surface area contributed by atoms with Crippen LogP contribution in [0.3, 0.4) is 0 Å². The summed E-state index contributed by atoms with van der Waals surface area (Å²) in [5.74, 6) is 15.0. The first kappa shape index (κ1) is 45.7. The van der Waals surface area contributed by atoms with E-state index in [1.54, 1.807) is 12.2 Å². The maximum absolute atomic E-state index is 9.96. The SMILES string of the molecule is C#C[C@@H](O)/C=C/CCCCCCCCCCC/C=C\CCCC/C=C\CC/C=C\C#CC(O)C#CC(O)CCCC[C@@H](O)/C=C/[C@H](O)C#C. The monoisotopic (exact) mass is 672 g/mol. The third-order valence-electron chi connectivity index (χ3n) is 7.78. The van der Waals surface area contributed by atoms with E-state index >= 15 is 0 Å². The molecule has 0 aliphatic heterocycles. The van der Waals surface area contributed by atoms with Gasteiger partial charge in [-0.15, -0.1) is 12.8 Å². The molecule has 0 spiro atoms. The van der Waals surface area contributed by atoms with Gasteiger partial charge >= 0.3 is 0 Å². The van der Waals surface area contributed by atoms with Gasteiger partial charge in [-0.25, -0.2) is 0 Å². The lowest BCUT2D eigenvalue weighted by Crippen LogP contribution is -2.07. The first-order chi connectivity index (χ1) is 23.9. The van der Waals surface area contributed by atoms with Gasteiger partial charge in [0.2, 0.25) is 0 Å². The van der Waals surface area contributed by atoms with Crippen molar-refractivity contribution in [2.75, 3.05) is 0 Å². The molecule has 5 heteroatoms. The van der Waals surface area contributed by atoms with E-state index < -0.39 is 30.5 Å². The molecule has 0 aliphatic carbocycles. The van der Waals surface area contributed by atoms with E-state index in [1.165, 1.54) is 89.2 Å². The van der Waals surface area contributed by atoms with Crippen LogP contribution in [0.15, 0.2) is 60.8 Å². The van der Waals surface area contributed by atoms with Gasteiger partial charge in [0.05, 0.1) is 6.10 Å². The highest BCUT2D eigenvalue weighted by molar-refractivity contribution is 5.25. The fourth-order valence-corrected chi connectivity index (χ4v) is 4.86. The van der Waals surface area contributed by atoms with Crippen LogP contribution in [-0.4, -0.2) is 56.1 Å². The summed E-state index contributed by atoms with van der Waals surface area (Å²) in [6.45, 7) is 0. The molecular weight excluding hydrogens is 608 g/mol. The van der Waals surface area contributed by atoms with Gasteiger partial charge in [0, 0.05) is 0 Å². The number of hydrogen-bond donors (Lipinski definition) is 5. The lowest BCUT2D eigenvalue weighted by atomic mass is 10.1. The van der Waals surface area contributed by atoms with Crippen LogP contribution < -0.4 is 0 Å². The molecule has 270 valence electrons. The van der Waals surface area contributed by atoms with E-state index in [-0.39, 0.29) is 0 Å². The van der Waals surface area contributed by atoms with E-state index in [9.17, 15) is 25.5 Å². The Morgan fingerprint density at radius 2 is 0.898 bits per heavy atom. The second kappa shape index (κ2) is 36.0. The van der Waals surface area contributed by atoms with Crippen molar-refractivity contribution in [3.8, 4) is 48.4 Å². The summed E-state index contributed by atoms with van der Waals surface area (Å²) >= 11 is 0. The second-order valence-corrected chi connectivity index (χ2v) is 12.3. The minimum atomic E-state index is -1.11. The minimum Gasteiger partial charge on any atom is -0.389 e. The quantitative estimate of drug-likeness (QED) is 0.0329. The van der Waals surface area contributed by atoms with Gasteiger partial charge in [-0.2, -0.15) is 0 Å². The number of aliphatic hydroxyl groups excluding tert-OH is 5. The fourth-order valence-electron chi connectivity index (χ4n) is 4.86. The average molecular weight is 673 g/mol. The maximum atomic E-state index is 9.96. The Morgan fingerprint density at radius 3 is 1.49 bits per heavy atom. The molecule has 5 N–H and O–H groups in total. The van der Waals surface area contributed by atoms with Crippen LogP contribution in [0.4, 0.5) is 0 Å².